The topological polar surface area (TPSA) is 177 Å². The van der Waals surface area contributed by atoms with Crippen LogP contribution in [0.25, 0.3) is 11.1 Å². The molecular formula is C50H51Cl2N5O8. The Morgan fingerprint density at radius 1 is 0.662 bits per heavy atom. The van der Waals surface area contributed by atoms with E-state index in [1.807, 2.05) is 50.2 Å². The van der Waals surface area contributed by atoms with Gasteiger partial charge in [0.05, 0.1) is 23.3 Å². The zero-order valence-electron chi connectivity index (χ0n) is 36.8. The number of halogens is 2. The number of aliphatic imine (C=N–C) groups is 2. The first-order valence-electron chi connectivity index (χ1n) is 20.6. The van der Waals surface area contributed by atoms with E-state index in [2.05, 4.69) is 37.4 Å². The molecular weight excluding hydrogens is 869 g/mol. The summed E-state index contributed by atoms with van der Waals surface area (Å²) in [7, 11) is 3.38. The molecule has 0 unspecified atom stereocenters. The second kappa shape index (κ2) is 22.5. The van der Waals surface area contributed by atoms with Crippen LogP contribution in [-0.4, -0.2) is 69.9 Å². The normalized spacial score (nSPS) is 12.4. The third-order valence-corrected chi connectivity index (χ3v) is 11.4. The van der Waals surface area contributed by atoms with Crippen LogP contribution < -0.4 is 24.3 Å². The molecule has 2 aromatic heterocycles. The van der Waals surface area contributed by atoms with Gasteiger partial charge in [-0.3, -0.25) is 30.1 Å². The Labute approximate surface area is 388 Å². The highest BCUT2D eigenvalue weighted by molar-refractivity contribution is 6.32. The van der Waals surface area contributed by atoms with Crippen molar-refractivity contribution in [2.75, 3.05) is 20.7 Å². The van der Waals surface area contributed by atoms with E-state index in [1.54, 1.807) is 75.6 Å². The van der Waals surface area contributed by atoms with Crippen molar-refractivity contribution in [1.82, 2.24) is 15.3 Å². The number of hydrogen-bond acceptors (Lipinski definition) is 12. The molecule has 6 rings (SSSR count). The maximum atomic E-state index is 11.9. The Balaban J connectivity index is 1.19. The molecule has 15 heteroatoms. The van der Waals surface area contributed by atoms with E-state index in [1.165, 1.54) is 6.92 Å². The number of nitrogens with one attached hydrogen (secondary N) is 1. The number of rotatable bonds is 21. The first-order chi connectivity index (χ1) is 31.4. The monoisotopic (exact) mass is 919 g/mol. The first kappa shape index (κ1) is 48.1. The SMILES string of the molecule is C/N=C/c1cncc(COc2cc(OCc3cccc(-c4cccc(COc5cc(OCc6cncc(/C=N/C)c6)c(CN[C@@](C)(CO)C(=O)O)cc5Cl)c4C)c3C)c(Cl)cc2CO)c1. The number of pyridine rings is 2. The van der Waals surface area contributed by atoms with Gasteiger partial charge < -0.3 is 34.3 Å². The molecule has 0 radical (unpaired) electrons. The van der Waals surface area contributed by atoms with Gasteiger partial charge in [-0.05, 0) is 78.4 Å². The van der Waals surface area contributed by atoms with E-state index < -0.39 is 18.1 Å². The molecule has 65 heavy (non-hydrogen) atoms. The van der Waals surface area contributed by atoms with Crippen molar-refractivity contribution < 1.29 is 39.1 Å². The maximum Gasteiger partial charge on any atom is 0.326 e. The van der Waals surface area contributed by atoms with E-state index >= 15 is 0 Å². The predicted molar refractivity (Wildman–Crippen MR) is 253 cm³/mol. The number of hydrogen-bond donors (Lipinski definition) is 4. The molecule has 0 bridgehead atoms. The van der Waals surface area contributed by atoms with Gasteiger partial charge in [-0.2, -0.15) is 0 Å². The molecule has 13 nitrogen and oxygen atoms in total. The highest BCUT2D eigenvalue weighted by atomic mass is 35.5. The van der Waals surface area contributed by atoms with Gasteiger partial charge in [0.25, 0.3) is 0 Å². The Morgan fingerprint density at radius 2 is 1.12 bits per heavy atom. The van der Waals surface area contributed by atoms with Crippen molar-refractivity contribution in [1.29, 1.82) is 0 Å². The van der Waals surface area contributed by atoms with Crippen molar-refractivity contribution in [2.45, 2.75) is 65.9 Å². The summed E-state index contributed by atoms with van der Waals surface area (Å²) in [5.74, 6) is 0.437. The van der Waals surface area contributed by atoms with Gasteiger partial charge in [0.15, 0.2) is 0 Å². The Kier molecular flexibility index (Phi) is 16.7. The van der Waals surface area contributed by atoms with Gasteiger partial charge in [-0.25, -0.2) is 0 Å². The maximum absolute atomic E-state index is 11.9. The Morgan fingerprint density at radius 3 is 1.57 bits per heavy atom. The van der Waals surface area contributed by atoms with Crippen LogP contribution in [0.15, 0.2) is 108 Å². The molecule has 338 valence electrons. The lowest BCUT2D eigenvalue weighted by Gasteiger charge is -2.25. The van der Waals surface area contributed by atoms with Gasteiger partial charge >= 0.3 is 5.97 Å². The predicted octanol–water partition coefficient (Wildman–Crippen LogP) is 8.90. The summed E-state index contributed by atoms with van der Waals surface area (Å²) in [6.45, 7) is 5.41. The minimum absolute atomic E-state index is 0.0337. The Bertz CT molecular complexity index is 2690. The summed E-state index contributed by atoms with van der Waals surface area (Å²) in [6, 6.07) is 22.6. The van der Waals surface area contributed by atoms with Crippen molar-refractivity contribution in [2.24, 2.45) is 9.98 Å². The molecule has 0 fully saturated rings. The number of aromatic nitrogens is 2. The summed E-state index contributed by atoms with van der Waals surface area (Å²) < 4.78 is 25.1. The Hall–Kier alpha value is -6.35. The number of carboxylic acids is 1. The average Bonchev–Trinajstić information content (AvgIpc) is 3.30. The summed E-state index contributed by atoms with van der Waals surface area (Å²) in [5, 5.41) is 33.2. The lowest BCUT2D eigenvalue weighted by molar-refractivity contribution is -0.145. The van der Waals surface area contributed by atoms with Crippen molar-refractivity contribution in [3.05, 3.63) is 163 Å². The molecule has 1 atom stereocenters. The average molecular weight is 921 g/mol. The third-order valence-electron chi connectivity index (χ3n) is 10.8. The molecule has 6 aromatic rings. The molecule has 0 saturated carbocycles. The largest absolute Gasteiger partial charge is 0.488 e. The third kappa shape index (κ3) is 12.3. The van der Waals surface area contributed by atoms with E-state index in [-0.39, 0.29) is 39.6 Å². The van der Waals surface area contributed by atoms with Crippen LogP contribution in [0.4, 0.5) is 0 Å². The van der Waals surface area contributed by atoms with Crippen LogP contribution >= 0.6 is 23.2 Å². The molecule has 2 heterocycles. The number of nitrogens with zero attached hydrogens (tertiary/aromatic N) is 4. The fourth-order valence-corrected chi connectivity index (χ4v) is 7.38. The second-order valence-electron chi connectivity index (χ2n) is 15.4. The number of aliphatic hydroxyl groups is 2. The quantitative estimate of drug-likeness (QED) is 0.0507. The van der Waals surface area contributed by atoms with Gasteiger partial charge in [-0.15, -0.1) is 0 Å². The molecule has 4 aromatic carbocycles. The molecule has 0 amide bonds. The van der Waals surface area contributed by atoms with E-state index in [9.17, 15) is 20.1 Å². The first-order valence-corrected chi connectivity index (χ1v) is 21.4. The molecule has 0 aliphatic carbocycles. The van der Waals surface area contributed by atoms with E-state index in [4.69, 9.17) is 42.1 Å². The molecule has 0 spiro atoms. The van der Waals surface area contributed by atoms with Gasteiger partial charge in [-0.1, -0.05) is 59.6 Å². The number of aliphatic hydroxyl groups excluding tert-OH is 2. The zero-order valence-corrected chi connectivity index (χ0v) is 38.3. The van der Waals surface area contributed by atoms with Crippen LogP contribution in [-0.2, 0) is 44.4 Å². The van der Waals surface area contributed by atoms with Crippen LogP contribution in [0.1, 0.15) is 62.6 Å². The van der Waals surface area contributed by atoms with E-state index in [0.29, 0.717) is 44.2 Å². The van der Waals surface area contributed by atoms with Gasteiger partial charge in [0.1, 0.15) is 55.0 Å². The second-order valence-corrected chi connectivity index (χ2v) is 16.3. The highest BCUT2D eigenvalue weighted by Gasteiger charge is 2.32. The van der Waals surface area contributed by atoms with Crippen LogP contribution in [0.5, 0.6) is 23.0 Å². The number of aliphatic carboxylic acids is 1. The summed E-state index contributed by atoms with van der Waals surface area (Å²) in [5.41, 5.74) is 8.74. The zero-order chi connectivity index (χ0) is 46.5. The summed E-state index contributed by atoms with van der Waals surface area (Å²) in [6.07, 6.45) is 10.2. The van der Waals surface area contributed by atoms with Gasteiger partial charge in [0, 0.05) is 103 Å². The van der Waals surface area contributed by atoms with Gasteiger partial charge in [0.2, 0.25) is 0 Å². The van der Waals surface area contributed by atoms with E-state index in [0.717, 1.165) is 55.6 Å². The minimum Gasteiger partial charge on any atom is -0.488 e. The number of ether oxygens (including phenoxy) is 4. The number of carbonyl (C=O) groups is 1. The van der Waals surface area contributed by atoms with Crippen LogP contribution in [0, 0.1) is 13.8 Å². The fraction of sp³-hybridized carbons (Fsp3) is 0.260. The standard InChI is InChI=1S/C50H51Cl2N5O8/c1-31-37(28-64-47-16-45(62-26-35-12-33(18-53-4)20-55-22-35)39(14-43(47)51)24-57-50(3,30-59)49(60)61)8-6-10-41(31)42-11-7-9-38(32(42)2)29-65-48-17-46(40(25-58)15-44(48)52)63-27-36-13-34(19-54-5)21-56-23-36/h6-23,57-59H,24-30H2,1-5H3,(H,60,61)/b53-18+,54-19+/t50-/m0/s1. The minimum atomic E-state index is -1.60. The number of benzene rings is 4. The van der Waals surface area contributed by atoms with Crippen molar-refractivity contribution in [3.8, 4) is 34.1 Å². The fourth-order valence-electron chi connectivity index (χ4n) is 6.90. The van der Waals surface area contributed by atoms with Crippen molar-refractivity contribution >= 4 is 41.6 Å². The molecule has 0 aliphatic heterocycles. The lowest BCUT2D eigenvalue weighted by atomic mass is 9.92. The molecule has 0 aliphatic rings. The molecule has 4 N–H and O–H groups in total. The smallest absolute Gasteiger partial charge is 0.326 e. The summed E-state index contributed by atoms with van der Waals surface area (Å²) >= 11 is 13.5. The van der Waals surface area contributed by atoms with Crippen LogP contribution in [0.2, 0.25) is 10.0 Å². The lowest BCUT2D eigenvalue weighted by Crippen LogP contribution is -2.52. The number of carboxylic acid groups (broad SMARTS) is 1. The summed E-state index contributed by atoms with van der Waals surface area (Å²) in [4.78, 5) is 28.6. The van der Waals surface area contributed by atoms with Crippen molar-refractivity contribution in [3.63, 3.8) is 0 Å². The van der Waals surface area contributed by atoms with Crippen LogP contribution in [0.3, 0.4) is 0 Å². The molecule has 0 saturated heterocycles. The highest BCUT2D eigenvalue weighted by Crippen LogP contribution is 2.37.